The van der Waals surface area contributed by atoms with Crippen molar-refractivity contribution in [1.82, 2.24) is 5.32 Å². The topological polar surface area (TPSA) is 75.6 Å². The molecule has 1 atom stereocenters. The highest BCUT2D eigenvalue weighted by Gasteiger charge is 2.58. The molecule has 0 saturated heterocycles. The molecule has 0 fully saturated rings. The second kappa shape index (κ2) is 4.58. The molecule has 8 heteroatoms. The monoisotopic (exact) mass is 243 g/mol. The van der Waals surface area contributed by atoms with Gasteiger partial charge in [0.1, 0.15) is 0 Å². The van der Waals surface area contributed by atoms with Crippen molar-refractivity contribution >= 4 is 12.1 Å². The number of rotatable bonds is 3. The van der Waals surface area contributed by atoms with Gasteiger partial charge in [-0.05, 0) is 20.8 Å². The highest BCUT2D eigenvalue weighted by molar-refractivity contribution is 5.84. The minimum absolute atomic E-state index is 0.344. The van der Waals surface area contributed by atoms with Gasteiger partial charge in [0.25, 0.3) is 0 Å². The Morgan fingerprint density at radius 1 is 1.31 bits per heavy atom. The van der Waals surface area contributed by atoms with Gasteiger partial charge in [0.05, 0.1) is 6.10 Å². The first-order valence-electron chi connectivity index (χ1n) is 4.29. The zero-order chi connectivity index (χ0) is 13.1. The van der Waals surface area contributed by atoms with Crippen molar-refractivity contribution in [3.8, 4) is 0 Å². The van der Waals surface area contributed by atoms with Crippen LogP contribution in [0.25, 0.3) is 0 Å². The van der Waals surface area contributed by atoms with Crippen molar-refractivity contribution in [1.29, 1.82) is 0 Å². The Morgan fingerprint density at radius 2 is 1.75 bits per heavy atom. The Hall–Kier alpha value is -1.47. The second-order valence-corrected chi connectivity index (χ2v) is 3.51. The Morgan fingerprint density at radius 3 is 2.00 bits per heavy atom. The lowest BCUT2D eigenvalue weighted by molar-refractivity contribution is -0.204. The van der Waals surface area contributed by atoms with E-state index in [1.54, 1.807) is 0 Å². The molecule has 0 aromatic carbocycles. The summed E-state index contributed by atoms with van der Waals surface area (Å²) in [5.41, 5.74) is -3.36. The summed E-state index contributed by atoms with van der Waals surface area (Å²) in [7, 11) is 0. The predicted molar refractivity (Wildman–Crippen MR) is 46.8 cm³/mol. The molecular weight excluding hydrogens is 231 g/mol. The zero-order valence-corrected chi connectivity index (χ0v) is 8.88. The van der Waals surface area contributed by atoms with Gasteiger partial charge in [-0.2, -0.15) is 13.2 Å². The van der Waals surface area contributed by atoms with Crippen LogP contribution in [0.5, 0.6) is 0 Å². The summed E-state index contributed by atoms with van der Waals surface area (Å²) in [4.78, 5) is 21.4. The molecule has 0 aliphatic rings. The van der Waals surface area contributed by atoms with Gasteiger partial charge in [-0.1, -0.05) is 0 Å². The third-order valence-electron chi connectivity index (χ3n) is 1.69. The lowest BCUT2D eigenvalue weighted by Crippen LogP contribution is -2.62. The van der Waals surface area contributed by atoms with Gasteiger partial charge in [0.15, 0.2) is 0 Å². The van der Waals surface area contributed by atoms with Gasteiger partial charge in [-0.3, -0.25) is 5.32 Å². The summed E-state index contributed by atoms with van der Waals surface area (Å²) in [6.45, 7) is 3.19. The van der Waals surface area contributed by atoms with E-state index in [1.165, 1.54) is 19.2 Å². The molecule has 0 heterocycles. The number of halogens is 3. The smallest absolute Gasteiger partial charge is 0.422 e. The summed E-state index contributed by atoms with van der Waals surface area (Å²) in [6, 6.07) is 0. The van der Waals surface area contributed by atoms with E-state index in [4.69, 9.17) is 5.11 Å². The van der Waals surface area contributed by atoms with Crippen LogP contribution in [0.2, 0.25) is 0 Å². The number of carbonyl (C=O) groups excluding carboxylic acids is 1. The SMILES string of the molecule is CC(C)OC(=O)NC(C)(C(=O)O)C(F)(F)F. The van der Waals surface area contributed by atoms with E-state index in [-0.39, 0.29) is 0 Å². The molecule has 94 valence electrons. The van der Waals surface area contributed by atoms with E-state index in [9.17, 15) is 22.8 Å². The van der Waals surface area contributed by atoms with Gasteiger partial charge < -0.3 is 9.84 Å². The number of ether oxygens (including phenoxy) is 1. The maximum atomic E-state index is 12.4. The molecule has 0 rings (SSSR count). The molecule has 5 nitrogen and oxygen atoms in total. The minimum Gasteiger partial charge on any atom is -0.479 e. The average molecular weight is 243 g/mol. The lowest BCUT2D eigenvalue weighted by Gasteiger charge is -2.28. The van der Waals surface area contributed by atoms with Crippen LogP contribution in [0, 0.1) is 0 Å². The maximum Gasteiger partial charge on any atom is 0.422 e. The fourth-order valence-corrected chi connectivity index (χ4v) is 0.693. The van der Waals surface area contributed by atoms with Crippen molar-refractivity contribution in [3.05, 3.63) is 0 Å². The normalized spacial score (nSPS) is 15.4. The van der Waals surface area contributed by atoms with E-state index in [2.05, 4.69) is 4.74 Å². The number of carbonyl (C=O) groups is 2. The number of hydrogen-bond donors (Lipinski definition) is 2. The average Bonchev–Trinajstić information content (AvgIpc) is 1.99. The zero-order valence-electron chi connectivity index (χ0n) is 8.88. The summed E-state index contributed by atoms with van der Waals surface area (Å²) < 4.78 is 41.6. The van der Waals surface area contributed by atoms with E-state index in [0.29, 0.717) is 6.92 Å². The first-order chi connectivity index (χ1) is 7.00. The van der Waals surface area contributed by atoms with E-state index in [1.807, 2.05) is 0 Å². The first kappa shape index (κ1) is 14.5. The molecular formula is C8H12F3NO4. The molecule has 0 aliphatic carbocycles. The Bertz CT molecular complexity index is 289. The predicted octanol–water partition coefficient (Wildman–Crippen LogP) is 1.53. The molecule has 0 radical (unpaired) electrons. The van der Waals surface area contributed by atoms with Gasteiger partial charge in [-0.25, -0.2) is 9.59 Å². The highest BCUT2D eigenvalue weighted by Crippen LogP contribution is 2.30. The van der Waals surface area contributed by atoms with Crippen LogP contribution in [0.1, 0.15) is 20.8 Å². The maximum absolute atomic E-state index is 12.4. The number of nitrogens with one attached hydrogen (secondary N) is 1. The van der Waals surface area contributed by atoms with Crippen LogP contribution in [-0.4, -0.2) is 35.0 Å². The quantitative estimate of drug-likeness (QED) is 0.788. The molecule has 1 amide bonds. The molecule has 0 aliphatic heterocycles. The number of carboxylic acid groups (broad SMARTS) is 1. The van der Waals surface area contributed by atoms with Crippen molar-refractivity contribution in [2.45, 2.75) is 38.6 Å². The lowest BCUT2D eigenvalue weighted by atomic mass is 10.0. The van der Waals surface area contributed by atoms with Crippen LogP contribution >= 0.6 is 0 Å². The fraction of sp³-hybridized carbons (Fsp3) is 0.750. The number of hydrogen-bond acceptors (Lipinski definition) is 3. The molecule has 0 spiro atoms. The number of alkyl halides is 3. The van der Waals surface area contributed by atoms with Gasteiger partial charge >= 0.3 is 18.2 Å². The number of alkyl carbamates (subject to hydrolysis) is 1. The summed E-state index contributed by atoms with van der Waals surface area (Å²) >= 11 is 0. The van der Waals surface area contributed by atoms with Crippen LogP contribution in [0.4, 0.5) is 18.0 Å². The fourth-order valence-electron chi connectivity index (χ4n) is 0.693. The molecule has 16 heavy (non-hydrogen) atoms. The third kappa shape index (κ3) is 3.28. The Balaban J connectivity index is 4.85. The third-order valence-corrected chi connectivity index (χ3v) is 1.69. The number of aliphatic carboxylic acids is 1. The molecule has 0 saturated carbocycles. The largest absolute Gasteiger partial charge is 0.479 e. The van der Waals surface area contributed by atoms with Gasteiger partial charge in [-0.15, -0.1) is 0 Å². The summed E-state index contributed by atoms with van der Waals surface area (Å²) in [6.07, 6.45) is -7.20. The number of amides is 1. The Labute approximate surface area is 89.6 Å². The van der Waals surface area contributed by atoms with Crippen LogP contribution in [0.3, 0.4) is 0 Å². The van der Waals surface area contributed by atoms with Crippen LogP contribution in [0.15, 0.2) is 0 Å². The van der Waals surface area contributed by atoms with Crippen molar-refractivity contribution in [2.24, 2.45) is 0 Å². The minimum atomic E-state index is -5.12. The summed E-state index contributed by atoms with van der Waals surface area (Å²) in [5, 5.41) is 9.74. The number of carboxylic acids is 1. The molecule has 0 aromatic heterocycles. The van der Waals surface area contributed by atoms with E-state index in [0.717, 1.165) is 0 Å². The molecule has 0 aromatic rings. The molecule has 2 N–H and O–H groups in total. The molecule has 0 bridgehead atoms. The van der Waals surface area contributed by atoms with Crippen LogP contribution in [-0.2, 0) is 9.53 Å². The van der Waals surface area contributed by atoms with Crippen molar-refractivity contribution in [3.63, 3.8) is 0 Å². The van der Waals surface area contributed by atoms with Crippen molar-refractivity contribution < 1.29 is 32.6 Å². The van der Waals surface area contributed by atoms with Gasteiger partial charge in [0, 0.05) is 0 Å². The van der Waals surface area contributed by atoms with Crippen LogP contribution < -0.4 is 5.32 Å². The second-order valence-electron chi connectivity index (χ2n) is 3.51. The van der Waals surface area contributed by atoms with E-state index >= 15 is 0 Å². The van der Waals surface area contributed by atoms with E-state index < -0.39 is 29.9 Å². The first-order valence-corrected chi connectivity index (χ1v) is 4.29. The highest BCUT2D eigenvalue weighted by atomic mass is 19.4. The van der Waals surface area contributed by atoms with Crippen molar-refractivity contribution in [2.75, 3.05) is 0 Å². The standard InChI is InChI=1S/C8H12F3NO4/c1-4(2)16-6(15)12-7(3,5(13)14)8(9,10)11/h4H,1-3H3,(H,12,15)(H,13,14). The molecule has 1 unspecified atom stereocenters. The Kier molecular flexibility index (Phi) is 4.16. The summed E-state index contributed by atoms with van der Waals surface area (Å²) in [5.74, 6) is -2.21. The van der Waals surface area contributed by atoms with Gasteiger partial charge in [0.2, 0.25) is 5.54 Å².